The number of hydrogen-bond donors (Lipinski definition) is 1. The Kier molecular flexibility index (Phi) is 3.65. The average Bonchev–Trinajstić information content (AvgIpc) is 2.38. The van der Waals surface area contributed by atoms with E-state index in [1.165, 1.54) is 6.92 Å². The summed E-state index contributed by atoms with van der Waals surface area (Å²) in [6.07, 6.45) is 2.42. The van der Waals surface area contributed by atoms with Crippen LogP contribution in [0.3, 0.4) is 0 Å². The summed E-state index contributed by atoms with van der Waals surface area (Å²) in [7, 11) is 0. The third kappa shape index (κ3) is 2.53. The first-order valence-corrected chi connectivity index (χ1v) is 6.07. The molecule has 0 saturated carbocycles. The van der Waals surface area contributed by atoms with Gasteiger partial charge in [0.15, 0.2) is 6.10 Å². The number of carbonyl (C=O) groups excluding carboxylic acids is 1. The summed E-state index contributed by atoms with van der Waals surface area (Å²) < 4.78 is 5.46. The first-order valence-electron chi connectivity index (χ1n) is 6.07. The van der Waals surface area contributed by atoms with Crippen molar-refractivity contribution in [3.05, 3.63) is 29.3 Å². The van der Waals surface area contributed by atoms with Crippen molar-refractivity contribution in [1.29, 1.82) is 0 Å². The van der Waals surface area contributed by atoms with Crippen molar-refractivity contribution in [2.75, 3.05) is 0 Å². The lowest BCUT2D eigenvalue weighted by Crippen LogP contribution is -2.24. The average molecular weight is 248 g/mol. The Morgan fingerprint density at radius 1 is 1.56 bits per heavy atom. The second-order valence-corrected chi connectivity index (χ2v) is 4.63. The van der Waals surface area contributed by atoms with Crippen LogP contribution in [0.15, 0.2) is 18.2 Å². The summed E-state index contributed by atoms with van der Waals surface area (Å²) in [5.74, 6) is -0.273. The molecular formula is C14H16O4. The fourth-order valence-corrected chi connectivity index (χ4v) is 2.27. The molecule has 96 valence electrons. The third-order valence-corrected chi connectivity index (χ3v) is 3.32. The number of aliphatic carboxylic acids is 1. The van der Waals surface area contributed by atoms with Crippen molar-refractivity contribution < 1.29 is 19.4 Å². The second kappa shape index (κ2) is 5.21. The fourth-order valence-electron chi connectivity index (χ4n) is 2.27. The molecule has 0 bridgehead atoms. The molecular weight excluding hydrogens is 232 g/mol. The van der Waals surface area contributed by atoms with Crippen molar-refractivity contribution >= 4 is 12.3 Å². The van der Waals surface area contributed by atoms with E-state index in [0.717, 1.165) is 36.7 Å². The van der Waals surface area contributed by atoms with Gasteiger partial charge < -0.3 is 14.6 Å². The van der Waals surface area contributed by atoms with Gasteiger partial charge in [0.05, 0.1) is 0 Å². The topological polar surface area (TPSA) is 63.6 Å². The normalized spacial score (nSPS) is 19.7. The highest BCUT2D eigenvalue weighted by molar-refractivity contribution is 5.72. The summed E-state index contributed by atoms with van der Waals surface area (Å²) in [4.78, 5) is 21.6. The molecule has 0 radical (unpaired) electrons. The largest absolute Gasteiger partial charge is 0.479 e. The highest BCUT2D eigenvalue weighted by Gasteiger charge is 2.22. The van der Waals surface area contributed by atoms with Gasteiger partial charge in [-0.1, -0.05) is 12.1 Å². The van der Waals surface area contributed by atoms with E-state index in [1.54, 1.807) is 6.07 Å². The number of carbonyl (C=O) groups is 2. The predicted octanol–water partition coefficient (Wildman–Crippen LogP) is 1.84. The minimum atomic E-state index is -0.978. The van der Waals surface area contributed by atoms with Crippen LogP contribution < -0.4 is 4.74 Å². The van der Waals surface area contributed by atoms with Gasteiger partial charge in [0.1, 0.15) is 12.0 Å². The van der Waals surface area contributed by atoms with Gasteiger partial charge in [-0.25, -0.2) is 4.79 Å². The Balaban J connectivity index is 2.23. The van der Waals surface area contributed by atoms with Gasteiger partial charge in [-0.15, -0.1) is 0 Å². The molecule has 2 atom stereocenters. The van der Waals surface area contributed by atoms with Crippen LogP contribution in [0.5, 0.6) is 5.75 Å². The number of benzene rings is 1. The molecule has 0 aliphatic heterocycles. The fraction of sp³-hybridized carbons (Fsp3) is 0.429. The molecule has 4 heteroatoms. The van der Waals surface area contributed by atoms with E-state index in [1.807, 2.05) is 12.1 Å². The molecule has 1 N–H and O–H groups in total. The van der Waals surface area contributed by atoms with Crippen LogP contribution in [-0.2, 0) is 22.4 Å². The monoisotopic (exact) mass is 248 g/mol. The van der Waals surface area contributed by atoms with Gasteiger partial charge in [0, 0.05) is 5.92 Å². The lowest BCUT2D eigenvalue weighted by molar-refractivity contribution is -0.144. The quantitative estimate of drug-likeness (QED) is 0.826. The third-order valence-electron chi connectivity index (χ3n) is 3.32. The van der Waals surface area contributed by atoms with E-state index in [2.05, 4.69) is 0 Å². The molecule has 0 heterocycles. The lowest BCUT2D eigenvalue weighted by Gasteiger charge is -2.23. The molecule has 0 aromatic heterocycles. The predicted molar refractivity (Wildman–Crippen MR) is 65.7 cm³/mol. The number of hydrogen-bond acceptors (Lipinski definition) is 3. The van der Waals surface area contributed by atoms with Gasteiger partial charge in [0.2, 0.25) is 0 Å². The van der Waals surface area contributed by atoms with Crippen molar-refractivity contribution in [2.24, 2.45) is 5.92 Å². The molecule has 2 unspecified atom stereocenters. The second-order valence-electron chi connectivity index (χ2n) is 4.63. The van der Waals surface area contributed by atoms with Crippen LogP contribution in [0.25, 0.3) is 0 Å². The summed E-state index contributed by atoms with van der Waals surface area (Å²) >= 11 is 0. The molecule has 18 heavy (non-hydrogen) atoms. The molecule has 0 amide bonds. The maximum Gasteiger partial charge on any atom is 0.344 e. The highest BCUT2D eigenvalue weighted by atomic mass is 16.5. The Bertz CT molecular complexity index is 467. The van der Waals surface area contributed by atoms with E-state index >= 15 is 0 Å². The molecule has 1 aliphatic carbocycles. The van der Waals surface area contributed by atoms with E-state index < -0.39 is 12.1 Å². The zero-order chi connectivity index (χ0) is 13.1. The van der Waals surface area contributed by atoms with Crippen molar-refractivity contribution in [1.82, 2.24) is 0 Å². The van der Waals surface area contributed by atoms with Crippen LogP contribution >= 0.6 is 0 Å². The maximum absolute atomic E-state index is 10.8. The molecule has 1 aliphatic rings. The Hall–Kier alpha value is -1.84. The molecule has 0 spiro atoms. The molecule has 1 aromatic carbocycles. The Morgan fingerprint density at radius 2 is 2.33 bits per heavy atom. The SMILES string of the molecule is CC(Oc1cccc2c1CCC(C=O)C2)C(=O)O. The Morgan fingerprint density at radius 3 is 3.00 bits per heavy atom. The molecule has 0 fully saturated rings. The van der Waals surface area contributed by atoms with Crippen LogP contribution in [-0.4, -0.2) is 23.5 Å². The number of aldehydes is 1. The zero-order valence-electron chi connectivity index (χ0n) is 10.3. The van der Waals surface area contributed by atoms with Crippen molar-refractivity contribution in [3.63, 3.8) is 0 Å². The standard InChI is InChI=1S/C14H16O4/c1-9(14(16)17)18-13-4-2-3-11-7-10(8-15)5-6-12(11)13/h2-4,8-10H,5-7H2,1H3,(H,16,17). The van der Waals surface area contributed by atoms with Gasteiger partial charge in [0.25, 0.3) is 0 Å². The van der Waals surface area contributed by atoms with Gasteiger partial charge in [-0.05, 0) is 43.4 Å². The highest BCUT2D eigenvalue weighted by Crippen LogP contribution is 2.32. The smallest absolute Gasteiger partial charge is 0.344 e. The minimum Gasteiger partial charge on any atom is -0.479 e. The molecule has 0 saturated heterocycles. The van der Waals surface area contributed by atoms with E-state index in [-0.39, 0.29) is 5.92 Å². The summed E-state index contributed by atoms with van der Waals surface area (Å²) in [5, 5.41) is 8.86. The lowest BCUT2D eigenvalue weighted by atomic mass is 9.84. The van der Waals surface area contributed by atoms with Crippen LogP contribution in [0.1, 0.15) is 24.5 Å². The van der Waals surface area contributed by atoms with E-state index in [9.17, 15) is 9.59 Å². The number of rotatable bonds is 4. The van der Waals surface area contributed by atoms with Crippen LogP contribution in [0, 0.1) is 5.92 Å². The van der Waals surface area contributed by atoms with E-state index in [0.29, 0.717) is 5.75 Å². The van der Waals surface area contributed by atoms with E-state index in [4.69, 9.17) is 9.84 Å². The first kappa shape index (κ1) is 12.6. The minimum absolute atomic E-state index is 0.0737. The van der Waals surface area contributed by atoms with Gasteiger partial charge in [-0.2, -0.15) is 0 Å². The van der Waals surface area contributed by atoms with Crippen molar-refractivity contribution in [2.45, 2.75) is 32.3 Å². The van der Waals surface area contributed by atoms with Gasteiger partial charge >= 0.3 is 5.97 Å². The summed E-state index contributed by atoms with van der Waals surface area (Å²) in [5.41, 5.74) is 2.14. The zero-order valence-corrected chi connectivity index (χ0v) is 10.3. The Labute approximate surface area is 106 Å². The maximum atomic E-state index is 10.8. The van der Waals surface area contributed by atoms with Crippen LogP contribution in [0.2, 0.25) is 0 Å². The molecule has 1 aromatic rings. The van der Waals surface area contributed by atoms with Gasteiger partial charge in [-0.3, -0.25) is 0 Å². The number of carboxylic acid groups (broad SMARTS) is 1. The molecule has 4 nitrogen and oxygen atoms in total. The summed E-state index contributed by atoms with van der Waals surface area (Å²) in [6.45, 7) is 1.51. The number of fused-ring (bicyclic) bond motifs is 1. The molecule has 2 rings (SSSR count). The van der Waals surface area contributed by atoms with Crippen LogP contribution in [0.4, 0.5) is 0 Å². The summed E-state index contributed by atoms with van der Waals surface area (Å²) in [6, 6.07) is 5.61. The first-order chi connectivity index (χ1) is 8.61. The van der Waals surface area contributed by atoms with Crippen molar-refractivity contribution in [3.8, 4) is 5.75 Å². The number of ether oxygens (including phenoxy) is 1. The number of carboxylic acids is 1.